The molecule has 0 aliphatic heterocycles. The van der Waals surface area contributed by atoms with Crippen LogP contribution in [0.15, 0.2) is 16.6 Å². The number of hydrogen-bond donors (Lipinski definition) is 0. The van der Waals surface area contributed by atoms with Gasteiger partial charge in [0.2, 0.25) is 0 Å². The van der Waals surface area contributed by atoms with Gasteiger partial charge in [-0.05, 0) is 33.8 Å². The third-order valence-corrected chi connectivity index (χ3v) is 4.40. The molecule has 116 valence electrons. The number of rotatable bonds is 6. The summed E-state index contributed by atoms with van der Waals surface area (Å²) in [5.74, 6) is 0.767. The summed E-state index contributed by atoms with van der Waals surface area (Å²) in [5, 5.41) is 0. The van der Waals surface area contributed by atoms with Crippen LogP contribution in [-0.2, 0) is 17.2 Å². The SMILES string of the molecule is COCCC(C)(C)Cn1c(CCl)nc2cc(Br)c(F)cc21. The first kappa shape index (κ1) is 16.7. The average Bonchev–Trinajstić information content (AvgIpc) is 2.74. The van der Waals surface area contributed by atoms with Gasteiger partial charge >= 0.3 is 0 Å². The number of halogens is 3. The van der Waals surface area contributed by atoms with E-state index in [4.69, 9.17) is 16.3 Å². The van der Waals surface area contributed by atoms with Gasteiger partial charge in [0, 0.05) is 26.3 Å². The van der Waals surface area contributed by atoms with Crippen molar-refractivity contribution in [3.8, 4) is 0 Å². The molecule has 21 heavy (non-hydrogen) atoms. The highest BCUT2D eigenvalue weighted by atomic mass is 79.9. The van der Waals surface area contributed by atoms with Crippen LogP contribution in [-0.4, -0.2) is 23.3 Å². The van der Waals surface area contributed by atoms with E-state index in [9.17, 15) is 4.39 Å². The predicted octanol–water partition coefficient (Wildman–Crippen LogP) is 4.74. The number of nitrogens with zero attached hydrogens (tertiary/aromatic N) is 2. The molecular weight excluding hydrogens is 359 g/mol. The van der Waals surface area contributed by atoms with E-state index in [0.717, 1.165) is 29.8 Å². The molecule has 2 aromatic rings. The van der Waals surface area contributed by atoms with E-state index in [0.29, 0.717) is 17.0 Å². The van der Waals surface area contributed by atoms with Crippen LogP contribution in [0.3, 0.4) is 0 Å². The van der Waals surface area contributed by atoms with Crippen molar-refractivity contribution < 1.29 is 9.13 Å². The molecule has 1 aromatic carbocycles. The minimum absolute atomic E-state index is 0.00794. The fourth-order valence-electron chi connectivity index (χ4n) is 2.33. The second kappa shape index (κ2) is 6.63. The molecule has 0 N–H and O–H groups in total. The number of aromatic nitrogens is 2. The molecule has 0 unspecified atom stereocenters. The van der Waals surface area contributed by atoms with Crippen LogP contribution in [0, 0.1) is 11.2 Å². The number of imidazole rings is 1. The zero-order chi connectivity index (χ0) is 15.6. The summed E-state index contributed by atoms with van der Waals surface area (Å²) in [6.45, 7) is 5.72. The largest absolute Gasteiger partial charge is 0.385 e. The van der Waals surface area contributed by atoms with E-state index in [1.165, 1.54) is 6.07 Å². The highest BCUT2D eigenvalue weighted by molar-refractivity contribution is 9.10. The van der Waals surface area contributed by atoms with Gasteiger partial charge in [-0.1, -0.05) is 13.8 Å². The molecule has 0 atom stereocenters. The lowest BCUT2D eigenvalue weighted by atomic mass is 9.89. The molecule has 2 rings (SSSR count). The Morgan fingerprint density at radius 2 is 2.14 bits per heavy atom. The van der Waals surface area contributed by atoms with Gasteiger partial charge in [0.15, 0.2) is 0 Å². The first-order chi connectivity index (χ1) is 9.88. The molecule has 0 saturated carbocycles. The third kappa shape index (κ3) is 3.76. The van der Waals surface area contributed by atoms with Crippen LogP contribution >= 0.6 is 27.5 Å². The Bertz CT molecular complexity index is 642. The maximum absolute atomic E-state index is 13.8. The molecule has 0 saturated heterocycles. The summed E-state index contributed by atoms with van der Waals surface area (Å²) in [4.78, 5) is 4.50. The standard InChI is InChI=1S/C15H19BrClFN2O/c1-15(2,4-5-21-3)9-20-13-7-11(18)10(16)6-12(13)19-14(20)8-17/h6-7H,4-5,8-9H2,1-3H3. The van der Waals surface area contributed by atoms with Crippen LogP contribution in [0.4, 0.5) is 4.39 Å². The van der Waals surface area contributed by atoms with Gasteiger partial charge in [-0.15, -0.1) is 11.6 Å². The van der Waals surface area contributed by atoms with Crippen molar-refractivity contribution in [3.05, 3.63) is 28.2 Å². The lowest BCUT2D eigenvalue weighted by Crippen LogP contribution is -2.22. The van der Waals surface area contributed by atoms with E-state index in [2.05, 4.69) is 34.8 Å². The molecule has 0 fully saturated rings. The van der Waals surface area contributed by atoms with Gasteiger partial charge in [0.25, 0.3) is 0 Å². The van der Waals surface area contributed by atoms with Gasteiger partial charge in [0.1, 0.15) is 11.6 Å². The minimum Gasteiger partial charge on any atom is -0.385 e. The van der Waals surface area contributed by atoms with Gasteiger partial charge in [-0.2, -0.15) is 0 Å². The van der Waals surface area contributed by atoms with E-state index in [1.54, 1.807) is 13.2 Å². The first-order valence-electron chi connectivity index (χ1n) is 6.77. The molecule has 0 bridgehead atoms. The summed E-state index contributed by atoms with van der Waals surface area (Å²) in [7, 11) is 1.69. The highest BCUT2D eigenvalue weighted by Gasteiger charge is 2.22. The summed E-state index contributed by atoms with van der Waals surface area (Å²) in [5.41, 5.74) is 1.53. The Morgan fingerprint density at radius 1 is 1.43 bits per heavy atom. The maximum atomic E-state index is 13.8. The third-order valence-electron chi connectivity index (χ3n) is 3.56. The van der Waals surface area contributed by atoms with Crippen molar-refractivity contribution >= 4 is 38.6 Å². The molecule has 3 nitrogen and oxygen atoms in total. The normalized spacial score (nSPS) is 12.3. The van der Waals surface area contributed by atoms with Crippen molar-refractivity contribution in [2.24, 2.45) is 5.41 Å². The Kier molecular flexibility index (Phi) is 5.28. The molecule has 0 aliphatic rings. The number of alkyl halides is 1. The Hall–Kier alpha value is -0.650. The number of ether oxygens (including phenoxy) is 1. The lowest BCUT2D eigenvalue weighted by molar-refractivity contribution is 0.143. The van der Waals surface area contributed by atoms with Crippen molar-refractivity contribution in [2.75, 3.05) is 13.7 Å². The average molecular weight is 378 g/mol. The topological polar surface area (TPSA) is 27.1 Å². The van der Waals surface area contributed by atoms with Crippen LogP contribution < -0.4 is 0 Å². The zero-order valence-electron chi connectivity index (χ0n) is 12.4. The van der Waals surface area contributed by atoms with Gasteiger partial charge < -0.3 is 9.30 Å². The van der Waals surface area contributed by atoms with Crippen LogP contribution in [0.5, 0.6) is 0 Å². The summed E-state index contributed by atoms with van der Waals surface area (Å²) in [6, 6.07) is 3.20. The van der Waals surface area contributed by atoms with E-state index < -0.39 is 0 Å². The molecule has 1 aromatic heterocycles. The highest BCUT2D eigenvalue weighted by Crippen LogP contribution is 2.29. The van der Waals surface area contributed by atoms with Crippen LogP contribution in [0.1, 0.15) is 26.1 Å². The number of methoxy groups -OCH3 is 1. The van der Waals surface area contributed by atoms with Crippen molar-refractivity contribution in [3.63, 3.8) is 0 Å². The molecule has 0 aliphatic carbocycles. The monoisotopic (exact) mass is 376 g/mol. The van der Waals surface area contributed by atoms with E-state index in [1.807, 2.05) is 4.57 Å². The summed E-state index contributed by atoms with van der Waals surface area (Å²) < 4.78 is 21.4. The smallest absolute Gasteiger partial charge is 0.139 e. The molecule has 6 heteroatoms. The number of hydrogen-bond acceptors (Lipinski definition) is 2. The van der Waals surface area contributed by atoms with Crippen molar-refractivity contribution in [2.45, 2.75) is 32.7 Å². The molecule has 1 heterocycles. The van der Waals surface area contributed by atoms with Gasteiger partial charge in [-0.25, -0.2) is 9.37 Å². The molecular formula is C15H19BrClFN2O. The molecule has 0 radical (unpaired) electrons. The van der Waals surface area contributed by atoms with Crippen LogP contribution in [0.2, 0.25) is 0 Å². The Balaban J connectivity index is 2.44. The Morgan fingerprint density at radius 3 is 2.76 bits per heavy atom. The lowest BCUT2D eigenvalue weighted by Gasteiger charge is -2.26. The fourth-order valence-corrected chi connectivity index (χ4v) is 2.87. The maximum Gasteiger partial charge on any atom is 0.139 e. The van der Waals surface area contributed by atoms with E-state index >= 15 is 0 Å². The summed E-state index contributed by atoms with van der Waals surface area (Å²) >= 11 is 9.20. The van der Waals surface area contributed by atoms with Crippen molar-refractivity contribution in [1.82, 2.24) is 9.55 Å². The molecule has 0 amide bonds. The fraction of sp³-hybridized carbons (Fsp3) is 0.533. The predicted molar refractivity (Wildman–Crippen MR) is 87.2 cm³/mol. The summed E-state index contributed by atoms with van der Waals surface area (Å²) in [6.07, 6.45) is 0.907. The van der Waals surface area contributed by atoms with Gasteiger partial charge in [0.05, 0.1) is 21.4 Å². The number of benzene rings is 1. The first-order valence-corrected chi connectivity index (χ1v) is 8.10. The van der Waals surface area contributed by atoms with Gasteiger partial charge in [-0.3, -0.25) is 0 Å². The second-order valence-corrected chi connectivity index (χ2v) is 7.03. The van der Waals surface area contributed by atoms with Crippen LogP contribution in [0.25, 0.3) is 11.0 Å². The number of fused-ring (bicyclic) bond motifs is 1. The minimum atomic E-state index is -0.292. The van der Waals surface area contributed by atoms with Crippen molar-refractivity contribution in [1.29, 1.82) is 0 Å². The second-order valence-electron chi connectivity index (χ2n) is 5.91. The Labute approximate surface area is 137 Å². The zero-order valence-corrected chi connectivity index (χ0v) is 14.8. The quantitative estimate of drug-likeness (QED) is 0.680. The van der Waals surface area contributed by atoms with E-state index in [-0.39, 0.29) is 11.2 Å². The molecule has 0 spiro atoms.